The largest absolute Gasteiger partial charge is 0.586 e. The van der Waals surface area contributed by atoms with Crippen LogP contribution in [0.1, 0.15) is 21.5 Å². The van der Waals surface area contributed by atoms with Gasteiger partial charge in [-0.2, -0.15) is 0 Å². The van der Waals surface area contributed by atoms with Crippen LogP contribution < -0.4 is 19.9 Å². The second kappa shape index (κ2) is 5.42. The van der Waals surface area contributed by atoms with Gasteiger partial charge in [-0.15, -0.1) is 8.78 Å². The monoisotopic (exact) mass is 321 g/mol. The van der Waals surface area contributed by atoms with Crippen molar-refractivity contribution in [1.29, 1.82) is 0 Å². The highest BCUT2D eigenvalue weighted by molar-refractivity contribution is 5.94. The van der Waals surface area contributed by atoms with Crippen LogP contribution in [-0.4, -0.2) is 12.2 Å². The van der Waals surface area contributed by atoms with Crippen molar-refractivity contribution < 1.29 is 27.8 Å². The van der Waals surface area contributed by atoms with Crippen LogP contribution in [0.2, 0.25) is 0 Å². The lowest BCUT2D eigenvalue weighted by Crippen LogP contribution is -2.26. The Morgan fingerprint density at radius 1 is 1.26 bits per heavy atom. The van der Waals surface area contributed by atoms with Crippen molar-refractivity contribution in [1.82, 2.24) is 0 Å². The second-order valence-corrected chi connectivity index (χ2v) is 5.04. The van der Waals surface area contributed by atoms with Gasteiger partial charge in [0.1, 0.15) is 12.4 Å². The fraction of sp³-hybridized carbons (Fsp3) is 0.188. The number of amides is 1. The molecule has 2 N–H and O–H groups in total. The summed E-state index contributed by atoms with van der Waals surface area (Å²) in [6.07, 6.45) is -3.67. The van der Waals surface area contributed by atoms with Crippen molar-refractivity contribution in [3.8, 4) is 17.2 Å². The van der Waals surface area contributed by atoms with Gasteiger partial charge in [-0.1, -0.05) is 12.1 Å². The molecule has 1 aliphatic heterocycles. The van der Waals surface area contributed by atoms with E-state index in [1.165, 1.54) is 6.07 Å². The lowest BCUT2D eigenvalue weighted by atomic mass is 10.1. The van der Waals surface area contributed by atoms with E-state index in [1.807, 2.05) is 0 Å². The summed E-state index contributed by atoms with van der Waals surface area (Å²) in [6, 6.07) is 9.36. The van der Waals surface area contributed by atoms with E-state index < -0.39 is 12.2 Å². The van der Waals surface area contributed by atoms with Gasteiger partial charge in [-0.3, -0.25) is 4.79 Å². The lowest BCUT2D eigenvalue weighted by molar-refractivity contribution is -0.287. The molecule has 5 nitrogen and oxygen atoms in total. The van der Waals surface area contributed by atoms with E-state index in [0.29, 0.717) is 22.4 Å². The van der Waals surface area contributed by atoms with Gasteiger partial charge in [-0.25, -0.2) is 0 Å². The molecule has 0 spiro atoms. The van der Waals surface area contributed by atoms with Crippen LogP contribution in [0.5, 0.6) is 17.2 Å². The Bertz CT molecular complexity index is 777. The zero-order valence-electron chi connectivity index (χ0n) is 12.1. The Morgan fingerprint density at radius 2 is 2.04 bits per heavy atom. The summed E-state index contributed by atoms with van der Waals surface area (Å²) in [6.45, 7) is 1.74. The molecule has 0 radical (unpaired) electrons. The molecular formula is C16H13F2NO4. The van der Waals surface area contributed by atoms with Crippen LogP contribution in [-0.2, 0) is 6.61 Å². The first-order valence-corrected chi connectivity index (χ1v) is 6.77. The van der Waals surface area contributed by atoms with E-state index in [1.54, 1.807) is 37.3 Å². The molecule has 1 amide bonds. The van der Waals surface area contributed by atoms with Crippen molar-refractivity contribution >= 4 is 5.91 Å². The molecule has 0 fully saturated rings. The summed E-state index contributed by atoms with van der Waals surface area (Å²) >= 11 is 0. The van der Waals surface area contributed by atoms with Gasteiger partial charge in [0.15, 0.2) is 11.5 Å². The van der Waals surface area contributed by atoms with E-state index in [9.17, 15) is 13.6 Å². The van der Waals surface area contributed by atoms with Crippen molar-refractivity contribution in [3.05, 3.63) is 53.1 Å². The van der Waals surface area contributed by atoms with E-state index in [0.717, 1.165) is 0 Å². The standard InChI is InChI=1S/C16H13F2NO4/c1-9-7-11(5-6-12(9)15(19)20)21-8-10-3-2-4-13-14(10)23-16(17,18)22-13/h2-7H,8H2,1H3,(H2,19,20). The Hall–Kier alpha value is -2.83. The summed E-state index contributed by atoms with van der Waals surface area (Å²) in [5.41, 5.74) is 6.73. The third-order valence-electron chi connectivity index (χ3n) is 3.37. The molecule has 0 saturated carbocycles. The fourth-order valence-electron chi connectivity index (χ4n) is 2.30. The van der Waals surface area contributed by atoms with Crippen LogP contribution in [0.3, 0.4) is 0 Å². The van der Waals surface area contributed by atoms with Crippen LogP contribution in [0.25, 0.3) is 0 Å². The molecule has 1 heterocycles. The number of primary amides is 1. The third-order valence-corrected chi connectivity index (χ3v) is 3.37. The van der Waals surface area contributed by atoms with Crippen LogP contribution >= 0.6 is 0 Å². The first kappa shape index (κ1) is 15.1. The normalized spacial score (nSPS) is 14.6. The van der Waals surface area contributed by atoms with E-state index in [2.05, 4.69) is 9.47 Å². The quantitative estimate of drug-likeness (QED) is 0.940. The number of carbonyl (C=O) groups is 1. The number of alkyl halides is 2. The second-order valence-electron chi connectivity index (χ2n) is 5.04. The number of benzene rings is 2. The van der Waals surface area contributed by atoms with Crippen LogP contribution in [0, 0.1) is 6.92 Å². The van der Waals surface area contributed by atoms with Gasteiger partial charge in [0.25, 0.3) is 0 Å². The lowest BCUT2D eigenvalue weighted by Gasteiger charge is -2.10. The Morgan fingerprint density at radius 3 is 2.74 bits per heavy atom. The first-order valence-electron chi connectivity index (χ1n) is 6.77. The average molecular weight is 321 g/mol. The topological polar surface area (TPSA) is 70.8 Å². The number of fused-ring (bicyclic) bond motifs is 1. The molecule has 2 aromatic rings. The smallest absolute Gasteiger partial charge is 0.489 e. The zero-order valence-corrected chi connectivity index (χ0v) is 12.1. The summed E-state index contributed by atoms with van der Waals surface area (Å²) in [5.74, 6) is -0.113. The fourth-order valence-corrected chi connectivity index (χ4v) is 2.30. The van der Waals surface area contributed by atoms with E-state index in [4.69, 9.17) is 10.5 Å². The molecule has 0 aromatic heterocycles. The third kappa shape index (κ3) is 3.03. The Kier molecular flexibility index (Phi) is 3.55. The molecule has 0 saturated heterocycles. The van der Waals surface area contributed by atoms with Gasteiger partial charge in [0.2, 0.25) is 5.91 Å². The number of aryl methyl sites for hydroxylation is 1. The number of halogens is 2. The molecular weight excluding hydrogens is 308 g/mol. The van der Waals surface area contributed by atoms with Gasteiger partial charge in [-0.05, 0) is 36.8 Å². The summed E-state index contributed by atoms with van der Waals surface area (Å²) in [4.78, 5) is 11.2. The molecule has 3 rings (SSSR count). The van der Waals surface area contributed by atoms with Gasteiger partial charge < -0.3 is 19.9 Å². The maximum absolute atomic E-state index is 13.1. The molecule has 1 aliphatic rings. The first-order chi connectivity index (χ1) is 10.9. The average Bonchev–Trinajstić information content (AvgIpc) is 2.79. The molecule has 0 unspecified atom stereocenters. The molecule has 0 aliphatic carbocycles. The molecule has 0 atom stereocenters. The molecule has 0 bridgehead atoms. The van der Waals surface area contributed by atoms with Gasteiger partial charge in [0.05, 0.1) is 0 Å². The molecule has 7 heteroatoms. The number of nitrogens with two attached hydrogens (primary N) is 1. The number of hydrogen-bond acceptors (Lipinski definition) is 4. The van der Waals surface area contributed by atoms with E-state index in [-0.39, 0.29) is 18.1 Å². The molecule has 120 valence electrons. The van der Waals surface area contributed by atoms with Crippen molar-refractivity contribution in [2.45, 2.75) is 19.8 Å². The van der Waals surface area contributed by atoms with Gasteiger partial charge in [0, 0.05) is 11.1 Å². The van der Waals surface area contributed by atoms with E-state index >= 15 is 0 Å². The number of para-hydroxylation sites is 1. The van der Waals surface area contributed by atoms with Crippen molar-refractivity contribution in [2.24, 2.45) is 5.73 Å². The molecule has 2 aromatic carbocycles. The highest BCUT2D eigenvalue weighted by atomic mass is 19.3. The minimum absolute atomic E-state index is 0.0119. The minimum atomic E-state index is -3.67. The van der Waals surface area contributed by atoms with Gasteiger partial charge >= 0.3 is 6.29 Å². The predicted molar refractivity (Wildman–Crippen MR) is 76.7 cm³/mol. The van der Waals surface area contributed by atoms with Crippen LogP contribution in [0.4, 0.5) is 8.78 Å². The highest BCUT2D eigenvalue weighted by Gasteiger charge is 2.44. The maximum Gasteiger partial charge on any atom is 0.586 e. The number of ether oxygens (including phenoxy) is 3. The number of carbonyl (C=O) groups excluding carboxylic acids is 1. The summed E-state index contributed by atoms with van der Waals surface area (Å²) in [7, 11) is 0. The van der Waals surface area contributed by atoms with Crippen molar-refractivity contribution in [2.75, 3.05) is 0 Å². The van der Waals surface area contributed by atoms with Crippen LogP contribution in [0.15, 0.2) is 36.4 Å². The minimum Gasteiger partial charge on any atom is -0.489 e. The Labute approximate surface area is 130 Å². The number of hydrogen-bond donors (Lipinski definition) is 1. The highest BCUT2D eigenvalue weighted by Crippen LogP contribution is 2.43. The SMILES string of the molecule is Cc1cc(OCc2cccc3c2OC(F)(F)O3)ccc1C(N)=O. The maximum atomic E-state index is 13.1. The Balaban J connectivity index is 1.77. The molecule has 23 heavy (non-hydrogen) atoms. The van der Waals surface area contributed by atoms with Crippen molar-refractivity contribution in [3.63, 3.8) is 0 Å². The zero-order chi connectivity index (χ0) is 16.6. The number of rotatable bonds is 4. The summed E-state index contributed by atoms with van der Waals surface area (Å²) in [5, 5.41) is 0. The summed E-state index contributed by atoms with van der Waals surface area (Å²) < 4.78 is 40.7. The predicted octanol–water partition coefficient (Wildman–Crippen LogP) is 2.99.